The van der Waals surface area contributed by atoms with Gasteiger partial charge in [0, 0.05) is 45.0 Å². The van der Waals surface area contributed by atoms with Crippen molar-refractivity contribution in [1.29, 1.82) is 0 Å². The average molecular weight is 556 g/mol. The molecule has 0 radical (unpaired) electrons. The topological polar surface area (TPSA) is 94.2 Å². The van der Waals surface area contributed by atoms with E-state index in [1.165, 1.54) is 11.1 Å². The van der Waals surface area contributed by atoms with E-state index in [1.807, 2.05) is 12.1 Å². The molecule has 0 aromatic heterocycles. The van der Waals surface area contributed by atoms with E-state index in [4.69, 9.17) is 4.74 Å². The summed E-state index contributed by atoms with van der Waals surface area (Å²) in [6.07, 6.45) is -0.104. The van der Waals surface area contributed by atoms with Crippen molar-refractivity contribution in [3.05, 3.63) is 96.1 Å². The Morgan fingerprint density at radius 3 is 2.07 bits per heavy atom. The van der Waals surface area contributed by atoms with E-state index in [9.17, 15) is 14.4 Å². The Hall–Kier alpha value is -4.21. The van der Waals surface area contributed by atoms with Crippen molar-refractivity contribution in [2.45, 2.75) is 18.5 Å². The van der Waals surface area contributed by atoms with Gasteiger partial charge in [-0.25, -0.2) is 0 Å². The molecule has 3 amide bonds. The first kappa shape index (κ1) is 28.3. The average Bonchev–Trinajstić information content (AvgIpc) is 3.00. The van der Waals surface area contributed by atoms with Gasteiger partial charge in [0.25, 0.3) is 0 Å². The van der Waals surface area contributed by atoms with Crippen LogP contribution in [0.5, 0.6) is 5.75 Å². The van der Waals surface area contributed by atoms with Gasteiger partial charge in [-0.1, -0.05) is 60.7 Å². The zero-order valence-corrected chi connectivity index (χ0v) is 23.4. The lowest BCUT2D eigenvalue weighted by Gasteiger charge is -2.41. The first-order chi connectivity index (χ1) is 20.0. The van der Waals surface area contributed by atoms with E-state index in [2.05, 4.69) is 69.0 Å². The number of ether oxygens (including phenoxy) is 1. The fourth-order valence-electron chi connectivity index (χ4n) is 5.62. The number of amides is 3. The Morgan fingerprint density at radius 1 is 0.878 bits per heavy atom. The third-order valence-electron chi connectivity index (χ3n) is 7.77. The summed E-state index contributed by atoms with van der Waals surface area (Å²) in [7, 11) is 1.58. The number of anilines is 1. The van der Waals surface area contributed by atoms with Crippen molar-refractivity contribution < 1.29 is 19.1 Å². The first-order valence-electron chi connectivity index (χ1n) is 14.1. The summed E-state index contributed by atoms with van der Waals surface area (Å²) in [6, 6.07) is 27.3. The predicted octanol–water partition coefficient (Wildman–Crippen LogP) is 2.76. The lowest BCUT2D eigenvalue weighted by molar-refractivity contribution is -0.145. The van der Waals surface area contributed by atoms with Crippen LogP contribution in [0.3, 0.4) is 0 Å². The highest BCUT2D eigenvalue weighted by molar-refractivity contribution is 5.97. The third kappa shape index (κ3) is 7.11. The summed E-state index contributed by atoms with van der Waals surface area (Å²) in [4.78, 5) is 45.1. The minimum atomic E-state index is -0.837. The van der Waals surface area contributed by atoms with Crippen LogP contribution in [0.15, 0.2) is 84.9 Å². The fraction of sp³-hybridized carbons (Fsp3) is 0.344. The van der Waals surface area contributed by atoms with Gasteiger partial charge in [-0.2, -0.15) is 0 Å². The number of nitrogens with zero attached hydrogens (tertiary/aromatic N) is 3. The summed E-state index contributed by atoms with van der Waals surface area (Å²) in [6.45, 7) is 4.10. The van der Waals surface area contributed by atoms with Crippen LogP contribution in [0.1, 0.15) is 23.6 Å². The van der Waals surface area contributed by atoms with Gasteiger partial charge in [0.1, 0.15) is 11.8 Å². The Balaban J connectivity index is 1.18. The van der Waals surface area contributed by atoms with Crippen LogP contribution < -0.4 is 15.4 Å². The lowest BCUT2D eigenvalue weighted by atomic mass is 9.96. The SMILES string of the molecule is COc1ccc(NC(=O)CC2C(=O)NCCN2C(=O)CN2CCN(C(c3ccccc3)c3ccccc3)CC2)cc1. The molecule has 1 atom stereocenters. The normalized spacial score (nSPS) is 18.1. The molecule has 0 bridgehead atoms. The van der Waals surface area contributed by atoms with Crippen LogP contribution in [-0.2, 0) is 14.4 Å². The van der Waals surface area contributed by atoms with Crippen LogP contribution >= 0.6 is 0 Å². The molecule has 0 spiro atoms. The molecule has 2 aliphatic rings. The van der Waals surface area contributed by atoms with E-state index in [0.29, 0.717) is 24.5 Å². The van der Waals surface area contributed by atoms with Gasteiger partial charge in [-0.05, 0) is 35.4 Å². The molecular formula is C32H37N5O4. The van der Waals surface area contributed by atoms with Gasteiger partial charge in [-0.15, -0.1) is 0 Å². The highest BCUT2D eigenvalue weighted by Gasteiger charge is 2.36. The Bertz CT molecular complexity index is 1270. The smallest absolute Gasteiger partial charge is 0.243 e. The number of carbonyl (C=O) groups is 3. The molecule has 2 N–H and O–H groups in total. The molecule has 0 saturated carbocycles. The summed E-state index contributed by atoms with van der Waals surface area (Å²) < 4.78 is 5.15. The summed E-state index contributed by atoms with van der Waals surface area (Å²) in [5.74, 6) is -0.0644. The van der Waals surface area contributed by atoms with Crippen LogP contribution in [0.4, 0.5) is 5.69 Å². The molecule has 0 aliphatic carbocycles. The molecule has 1 unspecified atom stereocenters. The Morgan fingerprint density at radius 2 is 1.49 bits per heavy atom. The molecule has 41 heavy (non-hydrogen) atoms. The molecule has 214 valence electrons. The molecule has 3 aromatic rings. The van der Waals surface area contributed by atoms with Gasteiger partial charge in [0.2, 0.25) is 17.7 Å². The van der Waals surface area contributed by atoms with Gasteiger partial charge < -0.3 is 20.3 Å². The number of hydrogen-bond acceptors (Lipinski definition) is 6. The minimum Gasteiger partial charge on any atom is -0.497 e. The van der Waals surface area contributed by atoms with Crippen molar-refractivity contribution >= 4 is 23.4 Å². The highest BCUT2D eigenvalue weighted by atomic mass is 16.5. The van der Waals surface area contributed by atoms with Crippen LogP contribution in [0.25, 0.3) is 0 Å². The highest BCUT2D eigenvalue weighted by Crippen LogP contribution is 2.29. The molecule has 9 nitrogen and oxygen atoms in total. The molecule has 3 aromatic carbocycles. The van der Waals surface area contributed by atoms with E-state index in [0.717, 1.165) is 26.2 Å². The molecule has 2 heterocycles. The number of carbonyl (C=O) groups excluding carboxylic acids is 3. The van der Waals surface area contributed by atoms with Crippen molar-refractivity contribution in [2.75, 3.05) is 58.2 Å². The monoisotopic (exact) mass is 555 g/mol. The second kappa shape index (κ2) is 13.4. The second-order valence-electron chi connectivity index (χ2n) is 10.4. The Kier molecular flexibility index (Phi) is 9.28. The number of methoxy groups -OCH3 is 1. The van der Waals surface area contributed by atoms with Crippen LogP contribution in [-0.4, -0.2) is 91.4 Å². The van der Waals surface area contributed by atoms with Crippen molar-refractivity contribution in [2.24, 2.45) is 0 Å². The van der Waals surface area contributed by atoms with Gasteiger partial charge in [0.15, 0.2) is 0 Å². The zero-order chi connectivity index (χ0) is 28.6. The Labute approximate surface area is 241 Å². The van der Waals surface area contributed by atoms with E-state index < -0.39 is 6.04 Å². The van der Waals surface area contributed by atoms with E-state index in [1.54, 1.807) is 36.3 Å². The zero-order valence-electron chi connectivity index (χ0n) is 23.4. The largest absolute Gasteiger partial charge is 0.497 e. The summed E-state index contributed by atoms with van der Waals surface area (Å²) in [5, 5.41) is 5.62. The van der Waals surface area contributed by atoms with Gasteiger partial charge in [-0.3, -0.25) is 24.2 Å². The number of benzene rings is 3. The third-order valence-corrected chi connectivity index (χ3v) is 7.77. The molecule has 2 fully saturated rings. The number of rotatable bonds is 9. The van der Waals surface area contributed by atoms with Crippen LogP contribution in [0, 0.1) is 0 Å². The van der Waals surface area contributed by atoms with E-state index in [-0.39, 0.29) is 36.7 Å². The van der Waals surface area contributed by atoms with E-state index >= 15 is 0 Å². The predicted molar refractivity (Wildman–Crippen MR) is 157 cm³/mol. The lowest BCUT2D eigenvalue weighted by Crippen LogP contribution is -2.60. The van der Waals surface area contributed by atoms with Crippen LogP contribution in [0.2, 0.25) is 0 Å². The molecule has 9 heteroatoms. The molecule has 2 aliphatic heterocycles. The van der Waals surface area contributed by atoms with Crippen molar-refractivity contribution in [3.63, 3.8) is 0 Å². The standard InChI is InChI=1S/C32H37N5O4/c1-41-27-14-12-26(13-15-27)34-29(38)22-28-32(40)33-16-17-37(28)30(39)23-35-18-20-36(21-19-35)31(24-8-4-2-5-9-24)25-10-6-3-7-11-25/h2-15,28,31H,16-23H2,1H3,(H,33,40)(H,34,38). The maximum atomic E-state index is 13.4. The number of nitrogens with one attached hydrogen (secondary N) is 2. The maximum Gasteiger partial charge on any atom is 0.243 e. The van der Waals surface area contributed by atoms with Gasteiger partial charge >= 0.3 is 0 Å². The van der Waals surface area contributed by atoms with Crippen molar-refractivity contribution in [3.8, 4) is 5.75 Å². The van der Waals surface area contributed by atoms with Gasteiger partial charge in [0.05, 0.1) is 26.1 Å². The maximum absolute atomic E-state index is 13.4. The molecule has 2 saturated heterocycles. The minimum absolute atomic E-state index is 0.104. The number of hydrogen-bond donors (Lipinski definition) is 2. The second-order valence-corrected chi connectivity index (χ2v) is 10.4. The number of piperazine rings is 2. The summed E-state index contributed by atoms with van der Waals surface area (Å²) in [5.41, 5.74) is 3.10. The van der Waals surface area contributed by atoms with Crippen molar-refractivity contribution in [1.82, 2.24) is 20.0 Å². The molecule has 5 rings (SSSR count). The molecular weight excluding hydrogens is 518 g/mol. The fourth-order valence-corrected chi connectivity index (χ4v) is 5.62. The quantitative estimate of drug-likeness (QED) is 0.422. The summed E-state index contributed by atoms with van der Waals surface area (Å²) >= 11 is 0. The first-order valence-corrected chi connectivity index (χ1v) is 14.1.